The van der Waals surface area contributed by atoms with E-state index in [-0.39, 0.29) is 0 Å². The lowest BCUT2D eigenvalue weighted by Crippen LogP contribution is -1.95. The van der Waals surface area contributed by atoms with Crippen LogP contribution < -0.4 is 0 Å². The third-order valence-electron chi connectivity index (χ3n) is 2.92. The van der Waals surface area contributed by atoms with Gasteiger partial charge in [0, 0.05) is 0 Å². The molecule has 0 saturated heterocycles. The minimum Gasteiger partial charge on any atom is -0.0988 e. The molecule has 0 heteroatoms. The van der Waals surface area contributed by atoms with Crippen molar-refractivity contribution in [3.05, 3.63) is 60.2 Å². The van der Waals surface area contributed by atoms with Crippen molar-refractivity contribution in [1.29, 1.82) is 0 Å². The first kappa shape index (κ1) is 12.8. The summed E-state index contributed by atoms with van der Waals surface area (Å²) >= 11 is 0. The molecule has 1 rings (SSSR count). The first-order valence-electron chi connectivity index (χ1n) is 6.15. The SMILES string of the molecule is C=CC(=C)CCc1ccccc1CCCC. The maximum Gasteiger partial charge on any atom is -0.0236 e. The zero-order valence-electron chi connectivity index (χ0n) is 10.3. The molecule has 0 radical (unpaired) electrons. The minimum absolute atomic E-state index is 1.02. The van der Waals surface area contributed by atoms with Gasteiger partial charge in [-0.25, -0.2) is 0 Å². The lowest BCUT2D eigenvalue weighted by Gasteiger charge is -2.08. The van der Waals surface area contributed by atoms with Crippen molar-refractivity contribution in [2.75, 3.05) is 0 Å². The Kier molecular flexibility index (Phi) is 5.63. The van der Waals surface area contributed by atoms with Crippen LogP contribution in [0.1, 0.15) is 37.3 Å². The molecule has 0 heterocycles. The van der Waals surface area contributed by atoms with Crippen molar-refractivity contribution in [3.8, 4) is 0 Å². The van der Waals surface area contributed by atoms with Crippen molar-refractivity contribution in [1.82, 2.24) is 0 Å². The lowest BCUT2D eigenvalue weighted by atomic mass is 9.97. The van der Waals surface area contributed by atoms with Crippen molar-refractivity contribution < 1.29 is 0 Å². The number of hydrogen-bond donors (Lipinski definition) is 0. The van der Waals surface area contributed by atoms with Gasteiger partial charge in [0.15, 0.2) is 0 Å². The number of rotatable bonds is 7. The van der Waals surface area contributed by atoms with Crippen LogP contribution in [0.5, 0.6) is 0 Å². The van der Waals surface area contributed by atoms with Crippen LogP contribution in [0.3, 0.4) is 0 Å². The van der Waals surface area contributed by atoms with Crippen LogP contribution >= 0.6 is 0 Å². The topological polar surface area (TPSA) is 0 Å². The molecule has 0 unspecified atom stereocenters. The molecule has 0 fully saturated rings. The van der Waals surface area contributed by atoms with Crippen LogP contribution in [-0.4, -0.2) is 0 Å². The van der Waals surface area contributed by atoms with E-state index in [9.17, 15) is 0 Å². The fourth-order valence-corrected chi connectivity index (χ4v) is 1.81. The fourth-order valence-electron chi connectivity index (χ4n) is 1.81. The van der Waals surface area contributed by atoms with Crippen molar-refractivity contribution in [3.63, 3.8) is 0 Å². The van der Waals surface area contributed by atoms with Gasteiger partial charge < -0.3 is 0 Å². The van der Waals surface area contributed by atoms with Crippen LogP contribution in [0.15, 0.2) is 49.1 Å². The van der Waals surface area contributed by atoms with Crippen LogP contribution in [-0.2, 0) is 12.8 Å². The third kappa shape index (κ3) is 4.06. The van der Waals surface area contributed by atoms with Crippen molar-refractivity contribution in [2.45, 2.75) is 39.0 Å². The fraction of sp³-hybridized carbons (Fsp3) is 0.375. The van der Waals surface area contributed by atoms with E-state index < -0.39 is 0 Å². The molecule has 0 nitrogen and oxygen atoms in total. The highest BCUT2D eigenvalue weighted by molar-refractivity contribution is 5.28. The quantitative estimate of drug-likeness (QED) is 0.577. The molecule has 0 aliphatic carbocycles. The van der Waals surface area contributed by atoms with E-state index in [0.717, 1.165) is 18.4 Å². The standard InChI is InChI=1S/C16H22/c1-4-6-9-15-10-7-8-11-16(15)13-12-14(3)5-2/h5,7-8,10-11H,2-4,6,9,12-13H2,1H3. The number of allylic oxidation sites excluding steroid dienone is 2. The summed E-state index contributed by atoms with van der Waals surface area (Å²) in [6, 6.07) is 8.75. The Morgan fingerprint density at radius 3 is 2.38 bits per heavy atom. The molecular formula is C16H22. The molecule has 0 aromatic heterocycles. The summed E-state index contributed by atoms with van der Waals surface area (Å²) in [7, 11) is 0. The molecule has 0 amide bonds. The second kappa shape index (κ2) is 7.05. The molecule has 1 aromatic rings. The Morgan fingerprint density at radius 1 is 1.19 bits per heavy atom. The van der Waals surface area contributed by atoms with Crippen LogP contribution in [0.25, 0.3) is 0 Å². The second-order valence-electron chi connectivity index (χ2n) is 4.23. The van der Waals surface area contributed by atoms with Gasteiger partial charge in [0.2, 0.25) is 0 Å². The normalized spacial score (nSPS) is 10.1. The molecule has 16 heavy (non-hydrogen) atoms. The Labute approximate surface area is 99.7 Å². The van der Waals surface area contributed by atoms with Gasteiger partial charge in [-0.3, -0.25) is 0 Å². The first-order valence-corrected chi connectivity index (χ1v) is 6.15. The number of benzene rings is 1. The first-order chi connectivity index (χ1) is 7.77. The molecule has 0 aliphatic rings. The van der Waals surface area contributed by atoms with Gasteiger partial charge in [0.05, 0.1) is 0 Å². The zero-order valence-corrected chi connectivity index (χ0v) is 10.3. The molecule has 0 aliphatic heterocycles. The second-order valence-corrected chi connectivity index (χ2v) is 4.23. The van der Waals surface area contributed by atoms with Gasteiger partial charge >= 0.3 is 0 Å². The smallest absolute Gasteiger partial charge is 0.0236 e. The summed E-state index contributed by atoms with van der Waals surface area (Å²) in [5, 5.41) is 0. The van der Waals surface area contributed by atoms with Gasteiger partial charge in [-0.1, -0.05) is 62.4 Å². The largest absolute Gasteiger partial charge is 0.0988 e. The van der Waals surface area contributed by atoms with E-state index in [4.69, 9.17) is 0 Å². The van der Waals surface area contributed by atoms with E-state index in [1.807, 2.05) is 6.08 Å². The van der Waals surface area contributed by atoms with E-state index in [1.165, 1.54) is 30.4 Å². The highest BCUT2D eigenvalue weighted by Crippen LogP contribution is 2.16. The Hall–Kier alpha value is -1.30. The summed E-state index contributed by atoms with van der Waals surface area (Å²) < 4.78 is 0. The monoisotopic (exact) mass is 214 g/mol. The molecule has 86 valence electrons. The van der Waals surface area contributed by atoms with Crippen LogP contribution in [0, 0.1) is 0 Å². The molecule has 0 atom stereocenters. The molecule has 0 bridgehead atoms. The predicted molar refractivity (Wildman–Crippen MR) is 72.7 cm³/mol. The Morgan fingerprint density at radius 2 is 1.81 bits per heavy atom. The van der Waals surface area contributed by atoms with E-state index >= 15 is 0 Å². The van der Waals surface area contributed by atoms with E-state index in [0.29, 0.717) is 0 Å². The van der Waals surface area contributed by atoms with Crippen LogP contribution in [0.2, 0.25) is 0 Å². The summed E-state index contributed by atoms with van der Waals surface area (Å²) in [4.78, 5) is 0. The van der Waals surface area contributed by atoms with Crippen molar-refractivity contribution in [2.24, 2.45) is 0 Å². The summed E-state index contributed by atoms with van der Waals surface area (Å²) in [5.74, 6) is 0. The zero-order chi connectivity index (χ0) is 11.8. The van der Waals surface area contributed by atoms with Gasteiger partial charge in [-0.05, 0) is 36.8 Å². The average molecular weight is 214 g/mol. The predicted octanol–water partition coefficient (Wildman–Crippen LogP) is 4.70. The molecule has 1 aromatic carbocycles. The van der Waals surface area contributed by atoms with Gasteiger partial charge in [-0.15, -0.1) is 0 Å². The minimum atomic E-state index is 1.02. The number of hydrogen-bond acceptors (Lipinski definition) is 0. The van der Waals surface area contributed by atoms with E-state index in [2.05, 4.69) is 44.3 Å². The van der Waals surface area contributed by atoms with Gasteiger partial charge in [-0.2, -0.15) is 0 Å². The van der Waals surface area contributed by atoms with Gasteiger partial charge in [0.25, 0.3) is 0 Å². The van der Waals surface area contributed by atoms with Gasteiger partial charge in [0.1, 0.15) is 0 Å². The summed E-state index contributed by atoms with van der Waals surface area (Å²) in [5.41, 5.74) is 4.10. The maximum atomic E-state index is 3.96. The Bertz CT molecular complexity index is 347. The molecule has 0 spiro atoms. The average Bonchev–Trinajstić information content (AvgIpc) is 2.34. The van der Waals surface area contributed by atoms with Crippen molar-refractivity contribution >= 4 is 0 Å². The third-order valence-corrected chi connectivity index (χ3v) is 2.92. The molecular weight excluding hydrogens is 192 g/mol. The lowest BCUT2D eigenvalue weighted by molar-refractivity contribution is 0.783. The molecule has 0 N–H and O–H groups in total. The maximum absolute atomic E-state index is 3.96. The summed E-state index contributed by atoms with van der Waals surface area (Å²) in [6.07, 6.45) is 7.70. The highest BCUT2D eigenvalue weighted by Gasteiger charge is 2.01. The van der Waals surface area contributed by atoms with E-state index in [1.54, 1.807) is 0 Å². The number of aryl methyl sites for hydroxylation is 2. The summed E-state index contributed by atoms with van der Waals surface area (Å²) in [6.45, 7) is 9.95. The highest BCUT2D eigenvalue weighted by atomic mass is 14.1. The van der Waals surface area contributed by atoms with Crippen LogP contribution in [0.4, 0.5) is 0 Å². The number of unbranched alkanes of at least 4 members (excludes halogenated alkanes) is 1. The molecule has 0 saturated carbocycles. The Balaban J connectivity index is 2.63.